The van der Waals surface area contributed by atoms with Gasteiger partial charge in [0.25, 0.3) is 5.91 Å². The number of hydrogen-bond acceptors (Lipinski definition) is 6. The monoisotopic (exact) mass is 281 g/mol. The highest BCUT2D eigenvalue weighted by atomic mass is 16.5. The van der Waals surface area contributed by atoms with Crippen molar-refractivity contribution < 1.29 is 9.53 Å². The Kier molecular flexibility index (Phi) is 7.52. The van der Waals surface area contributed by atoms with Crippen LogP contribution in [-0.2, 0) is 4.74 Å². The number of nitrogens with zero attached hydrogens (tertiary/aromatic N) is 3. The van der Waals surface area contributed by atoms with E-state index in [-0.39, 0.29) is 5.91 Å². The number of carbonyl (C=O) groups excluding carboxylic acids is 1. The lowest BCUT2D eigenvalue weighted by atomic mass is 10.4. The van der Waals surface area contributed by atoms with Crippen molar-refractivity contribution in [3.05, 3.63) is 18.1 Å². The smallest absolute Gasteiger partial charge is 0.271 e. The minimum Gasteiger partial charge on any atom is -0.385 e. The highest BCUT2D eigenvalue weighted by molar-refractivity contribution is 5.91. The highest BCUT2D eigenvalue weighted by Gasteiger charge is 2.07. The number of nitrogens with one attached hydrogen (secondary N) is 2. The molecule has 1 heterocycles. The first-order chi connectivity index (χ1) is 9.63. The Balaban J connectivity index is 2.35. The second-order valence-corrected chi connectivity index (χ2v) is 4.62. The third-order valence-electron chi connectivity index (χ3n) is 2.56. The van der Waals surface area contributed by atoms with Gasteiger partial charge in [0.05, 0.1) is 12.4 Å². The molecule has 1 aromatic rings. The van der Waals surface area contributed by atoms with Gasteiger partial charge in [-0.3, -0.25) is 4.79 Å². The van der Waals surface area contributed by atoms with E-state index in [1.54, 1.807) is 13.3 Å². The molecule has 1 rings (SSSR count). The Morgan fingerprint density at radius 1 is 1.30 bits per heavy atom. The SMILES string of the molecule is COCCCNc1cnc(C(=O)NCCN(C)C)cn1. The average molecular weight is 281 g/mol. The summed E-state index contributed by atoms with van der Waals surface area (Å²) in [6, 6.07) is 0. The van der Waals surface area contributed by atoms with E-state index in [4.69, 9.17) is 4.74 Å². The van der Waals surface area contributed by atoms with Crippen LogP contribution in [-0.4, -0.2) is 68.2 Å². The summed E-state index contributed by atoms with van der Waals surface area (Å²) in [5, 5.41) is 5.90. The van der Waals surface area contributed by atoms with Crippen molar-refractivity contribution in [1.29, 1.82) is 0 Å². The lowest BCUT2D eigenvalue weighted by Gasteiger charge is -2.10. The molecule has 20 heavy (non-hydrogen) atoms. The molecule has 0 aliphatic heterocycles. The number of anilines is 1. The van der Waals surface area contributed by atoms with Crippen LogP contribution >= 0.6 is 0 Å². The van der Waals surface area contributed by atoms with Crippen molar-refractivity contribution in [3.8, 4) is 0 Å². The predicted octanol–water partition coefficient (Wildman–Crippen LogP) is 0.216. The third-order valence-corrected chi connectivity index (χ3v) is 2.56. The van der Waals surface area contributed by atoms with E-state index in [1.165, 1.54) is 6.20 Å². The second-order valence-electron chi connectivity index (χ2n) is 4.62. The standard InChI is InChI=1S/C13H23N5O2/c1-18(2)7-6-15-13(19)11-9-17-12(10-16-11)14-5-4-8-20-3/h9-10H,4-8H2,1-3H3,(H,14,17)(H,15,19). The zero-order valence-electron chi connectivity index (χ0n) is 12.3. The molecule has 0 spiro atoms. The number of rotatable bonds is 9. The summed E-state index contributed by atoms with van der Waals surface area (Å²) in [6.07, 6.45) is 3.93. The molecule has 1 amide bonds. The van der Waals surface area contributed by atoms with Crippen LogP contribution in [0.2, 0.25) is 0 Å². The third kappa shape index (κ3) is 6.44. The summed E-state index contributed by atoms with van der Waals surface area (Å²) in [7, 11) is 5.58. The van der Waals surface area contributed by atoms with Crippen LogP contribution in [0.25, 0.3) is 0 Å². The minimum atomic E-state index is -0.203. The number of likely N-dealkylation sites (N-methyl/N-ethyl adjacent to an activating group) is 1. The van der Waals surface area contributed by atoms with Crippen molar-refractivity contribution in [2.45, 2.75) is 6.42 Å². The van der Waals surface area contributed by atoms with Crippen LogP contribution in [0.1, 0.15) is 16.9 Å². The van der Waals surface area contributed by atoms with E-state index < -0.39 is 0 Å². The van der Waals surface area contributed by atoms with Gasteiger partial charge < -0.3 is 20.3 Å². The van der Waals surface area contributed by atoms with Gasteiger partial charge in [0, 0.05) is 33.4 Å². The number of amides is 1. The Morgan fingerprint density at radius 3 is 2.70 bits per heavy atom. The van der Waals surface area contributed by atoms with Gasteiger partial charge in [-0.15, -0.1) is 0 Å². The second kappa shape index (κ2) is 9.22. The summed E-state index contributed by atoms with van der Waals surface area (Å²) in [5.41, 5.74) is 0.325. The summed E-state index contributed by atoms with van der Waals surface area (Å²) >= 11 is 0. The number of aromatic nitrogens is 2. The van der Waals surface area contributed by atoms with Crippen molar-refractivity contribution in [1.82, 2.24) is 20.2 Å². The topological polar surface area (TPSA) is 79.4 Å². The molecule has 7 nitrogen and oxygen atoms in total. The Bertz CT molecular complexity index is 394. The number of carbonyl (C=O) groups is 1. The molecule has 0 radical (unpaired) electrons. The van der Waals surface area contributed by atoms with Gasteiger partial charge >= 0.3 is 0 Å². The molecule has 0 saturated heterocycles. The average Bonchev–Trinajstić information content (AvgIpc) is 2.44. The molecule has 112 valence electrons. The molecule has 0 bridgehead atoms. The van der Waals surface area contributed by atoms with Gasteiger partial charge in [0.2, 0.25) is 0 Å². The lowest BCUT2D eigenvalue weighted by molar-refractivity contribution is 0.0945. The summed E-state index contributed by atoms with van der Waals surface area (Å²) < 4.78 is 4.95. The maximum atomic E-state index is 11.8. The highest BCUT2D eigenvalue weighted by Crippen LogP contribution is 2.01. The van der Waals surface area contributed by atoms with E-state index >= 15 is 0 Å². The Morgan fingerprint density at radius 2 is 2.10 bits per heavy atom. The van der Waals surface area contributed by atoms with Crippen LogP contribution in [0.15, 0.2) is 12.4 Å². The normalized spacial score (nSPS) is 10.6. The molecule has 0 saturated carbocycles. The zero-order chi connectivity index (χ0) is 14.8. The molecule has 0 unspecified atom stereocenters. The van der Waals surface area contributed by atoms with E-state index in [9.17, 15) is 4.79 Å². The van der Waals surface area contributed by atoms with Crippen LogP contribution in [0.4, 0.5) is 5.82 Å². The first-order valence-electron chi connectivity index (χ1n) is 6.61. The van der Waals surface area contributed by atoms with Crippen molar-refractivity contribution >= 4 is 11.7 Å². The fourth-order valence-electron chi connectivity index (χ4n) is 1.45. The fraction of sp³-hybridized carbons (Fsp3) is 0.615. The van der Waals surface area contributed by atoms with Crippen LogP contribution in [0.5, 0.6) is 0 Å². The molecular formula is C13H23N5O2. The van der Waals surface area contributed by atoms with Crippen molar-refractivity contribution in [2.24, 2.45) is 0 Å². The maximum absolute atomic E-state index is 11.8. The lowest BCUT2D eigenvalue weighted by Crippen LogP contribution is -2.31. The first-order valence-corrected chi connectivity index (χ1v) is 6.61. The summed E-state index contributed by atoms with van der Waals surface area (Å²) in [4.78, 5) is 22.0. The van der Waals surface area contributed by atoms with Gasteiger partial charge in [0.15, 0.2) is 0 Å². The van der Waals surface area contributed by atoms with Crippen molar-refractivity contribution in [2.75, 3.05) is 52.8 Å². The van der Waals surface area contributed by atoms with E-state index in [0.717, 1.165) is 19.5 Å². The first kappa shape index (κ1) is 16.3. The van der Waals surface area contributed by atoms with Crippen LogP contribution in [0, 0.1) is 0 Å². The van der Waals surface area contributed by atoms with Gasteiger partial charge in [-0.25, -0.2) is 9.97 Å². The van der Waals surface area contributed by atoms with Crippen LogP contribution in [0.3, 0.4) is 0 Å². The molecule has 1 aromatic heterocycles. The Hall–Kier alpha value is -1.73. The molecule has 0 atom stereocenters. The summed E-state index contributed by atoms with van der Waals surface area (Å²) in [6.45, 7) is 2.84. The number of hydrogen-bond donors (Lipinski definition) is 2. The van der Waals surface area contributed by atoms with Gasteiger partial charge in [0.1, 0.15) is 11.5 Å². The number of ether oxygens (including phenoxy) is 1. The summed E-state index contributed by atoms with van der Waals surface area (Å²) in [5.74, 6) is 0.455. The van der Waals surface area contributed by atoms with Gasteiger partial charge in [-0.2, -0.15) is 0 Å². The molecular weight excluding hydrogens is 258 g/mol. The van der Waals surface area contributed by atoms with Gasteiger partial charge in [-0.1, -0.05) is 0 Å². The van der Waals surface area contributed by atoms with E-state index in [1.807, 2.05) is 19.0 Å². The van der Waals surface area contributed by atoms with Gasteiger partial charge in [-0.05, 0) is 20.5 Å². The largest absolute Gasteiger partial charge is 0.385 e. The number of methoxy groups -OCH3 is 1. The Labute approximate surface area is 119 Å². The quantitative estimate of drug-likeness (QED) is 0.630. The minimum absolute atomic E-state index is 0.203. The predicted molar refractivity (Wildman–Crippen MR) is 77.9 cm³/mol. The maximum Gasteiger partial charge on any atom is 0.271 e. The molecule has 7 heteroatoms. The molecule has 2 N–H and O–H groups in total. The molecule has 0 aliphatic carbocycles. The van der Waals surface area contributed by atoms with E-state index in [0.29, 0.717) is 24.7 Å². The molecule has 0 aromatic carbocycles. The fourth-order valence-corrected chi connectivity index (χ4v) is 1.45. The molecule has 0 fully saturated rings. The molecule has 0 aliphatic rings. The van der Waals surface area contributed by atoms with Crippen molar-refractivity contribution in [3.63, 3.8) is 0 Å². The van der Waals surface area contributed by atoms with Crippen LogP contribution < -0.4 is 10.6 Å². The van der Waals surface area contributed by atoms with E-state index in [2.05, 4.69) is 20.6 Å². The zero-order valence-corrected chi connectivity index (χ0v) is 12.3.